The third-order valence-electron chi connectivity index (χ3n) is 3.84. The minimum Gasteiger partial charge on any atom is -0.294 e. The fourth-order valence-electron chi connectivity index (χ4n) is 2.69. The van der Waals surface area contributed by atoms with E-state index in [4.69, 9.17) is 0 Å². The topological polar surface area (TPSA) is 30.0 Å². The van der Waals surface area contributed by atoms with Crippen molar-refractivity contribution < 1.29 is 4.79 Å². The van der Waals surface area contributed by atoms with Crippen LogP contribution in [0.1, 0.15) is 46.1 Å². The smallest absolute Gasteiger partial charge is 0.163 e. The van der Waals surface area contributed by atoms with Crippen LogP contribution in [0.5, 0.6) is 0 Å². The molecule has 0 bridgehead atoms. The number of aryl methyl sites for hydroxylation is 1. The third kappa shape index (κ3) is 2.30. The number of Topliss-reactive ketones (excluding diaryl/α,β-unsaturated/α-hetero) is 1. The predicted molar refractivity (Wildman–Crippen MR) is 75.5 cm³/mol. The first kappa shape index (κ1) is 12.1. The molecule has 0 saturated heterocycles. The molecule has 0 amide bonds. The molecule has 0 unspecified atom stereocenters. The summed E-state index contributed by atoms with van der Waals surface area (Å²) in [5.41, 5.74) is 5.74. The minimum absolute atomic E-state index is 0.283. The lowest BCUT2D eigenvalue weighted by Crippen LogP contribution is -1.98. The highest BCUT2D eigenvalue weighted by Gasteiger charge is 2.21. The van der Waals surface area contributed by atoms with Gasteiger partial charge in [0.1, 0.15) is 0 Å². The van der Waals surface area contributed by atoms with Crippen molar-refractivity contribution in [2.24, 2.45) is 0 Å². The summed E-state index contributed by atoms with van der Waals surface area (Å²) in [6.07, 6.45) is 5.33. The monoisotopic (exact) mass is 251 g/mol. The van der Waals surface area contributed by atoms with Crippen molar-refractivity contribution in [2.75, 3.05) is 0 Å². The Hall–Kier alpha value is -1.96. The van der Waals surface area contributed by atoms with Crippen LogP contribution in [0, 0.1) is 0 Å². The average Bonchev–Trinajstić information content (AvgIpc) is 2.83. The lowest BCUT2D eigenvalue weighted by Gasteiger charge is -2.07. The second-order valence-electron chi connectivity index (χ2n) is 5.05. The van der Waals surface area contributed by atoms with E-state index in [1.54, 1.807) is 0 Å². The maximum absolute atomic E-state index is 11.7. The standard InChI is InChI=1S/C17H17NO/c1-2-12-6-7-14(18-11-12)10-13-4-3-5-16-15(13)8-9-17(16)19/h3-7,11H,2,8-10H2,1H3. The first-order valence-electron chi connectivity index (χ1n) is 6.85. The van der Waals surface area contributed by atoms with E-state index >= 15 is 0 Å². The van der Waals surface area contributed by atoms with Gasteiger partial charge < -0.3 is 0 Å². The molecule has 1 aromatic heterocycles. The van der Waals surface area contributed by atoms with Crippen LogP contribution in [0.4, 0.5) is 0 Å². The van der Waals surface area contributed by atoms with E-state index in [-0.39, 0.29) is 5.78 Å². The molecule has 3 rings (SSSR count). The molecule has 0 spiro atoms. The van der Waals surface area contributed by atoms with Gasteiger partial charge in [-0.3, -0.25) is 9.78 Å². The lowest BCUT2D eigenvalue weighted by molar-refractivity contribution is 0.0994. The number of rotatable bonds is 3. The van der Waals surface area contributed by atoms with Crippen molar-refractivity contribution in [3.8, 4) is 0 Å². The molecular weight excluding hydrogens is 234 g/mol. The molecule has 0 fully saturated rings. The first-order chi connectivity index (χ1) is 9.28. The van der Waals surface area contributed by atoms with Crippen LogP contribution in [0.3, 0.4) is 0 Å². The molecule has 0 aliphatic heterocycles. The van der Waals surface area contributed by atoms with Crippen LogP contribution in [0.15, 0.2) is 36.5 Å². The first-order valence-corrected chi connectivity index (χ1v) is 6.85. The van der Waals surface area contributed by atoms with E-state index in [1.807, 2.05) is 18.3 Å². The Bertz CT molecular complexity index is 614. The average molecular weight is 251 g/mol. The molecule has 19 heavy (non-hydrogen) atoms. The van der Waals surface area contributed by atoms with Crippen LogP contribution in [-0.2, 0) is 19.3 Å². The van der Waals surface area contributed by atoms with E-state index in [0.29, 0.717) is 6.42 Å². The maximum atomic E-state index is 11.7. The van der Waals surface area contributed by atoms with Crippen molar-refractivity contribution >= 4 is 5.78 Å². The van der Waals surface area contributed by atoms with Crippen LogP contribution in [-0.4, -0.2) is 10.8 Å². The molecule has 2 nitrogen and oxygen atoms in total. The van der Waals surface area contributed by atoms with Crippen molar-refractivity contribution in [1.29, 1.82) is 0 Å². The van der Waals surface area contributed by atoms with E-state index in [1.165, 1.54) is 16.7 Å². The Morgan fingerprint density at radius 2 is 2.05 bits per heavy atom. The molecule has 1 aliphatic rings. The van der Waals surface area contributed by atoms with Crippen LogP contribution >= 0.6 is 0 Å². The molecule has 0 atom stereocenters. The third-order valence-corrected chi connectivity index (χ3v) is 3.84. The number of benzene rings is 1. The molecule has 1 aliphatic carbocycles. The molecule has 0 saturated carbocycles. The Labute approximate surface area is 113 Å². The number of hydrogen-bond donors (Lipinski definition) is 0. The second-order valence-corrected chi connectivity index (χ2v) is 5.05. The van der Waals surface area contributed by atoms with Gasteiger partial charge in [-0.25, -0.2) is 0 Å². The summed E-state index contributed by atoms with van der Waals surface area (Å²) < 4.78 is 0. The van der Waals surface area contributed by atoms with E-state index in [0.717, 1.165) is 30.5 Å². The minimum atomic E-state index is 0.283. The predicted octanol–water partition coefficient (Wildman–Crippen LogP) is 3.36. The van der Waals surface area contributed by atoms with Gasteiger partial charge in [0.2, 0.25) is 0 Å². The summed E-state index contributed by atoms with van der Waals surface area (Å²) >= 11 is 0. The van der Waals surface area contributed by atoms with Crippen molar-refractivity contribution in [1.82, 2.24) is 4.98 Å². The van der Waals surface area contributed by atoms with Gasteiger partial charge in [0.05, 0.1) is 0 Å². The van der Waals surface area contributed by atoms with E-state index < -0.39 is 0 Å². The quantitative estimate of drug-likeness (QED) is 0.837. The molecule has 2 aromatic rings. The molecule has 1 aromatic carbocycles. The summed E-state index contributed by atoms with van der Waals surface area (Å²) in [7, 11) is 0. The largest absolute Gasteiger partial charge is 0.294 e. The number of aromatic nitrogens is 1. The number of fused-ring (bicyclic) bond motifs is 1. The Balaban J connectivity index is 1.89. The highest BCUT2D eigenvalue weighted by molar-refractivity contribution is 6.00. The maximum Gasteiger partial charge on any atom is 0.163 e. The number of hydrogen-bond acceptors (Lipinski definition) is 2. The van der Waals surface area contributed by atoms with Crippen LogP contribution < -0.4 is 0 Å². The Morgan fingerprint density at radius 3 is 2.79 bits per heavy atom. The van der Waals surface area contributed by atoms with Gasteiger partial charge >= 0.3 is 0 Å². The van der Waals surface area contributed by atoms with Gasteiger partial charge in [-0.05, 0) is 35.6 Å². The number of carbonyl (C=O) groups is 1. The van der Waals surface area contributed by atoms with Crippen LogP contribution in [0.25, 0.3) is 0 Å². The summed E-state index contributed by atoms with van der Waals surface area (Å²) in [5, 5.41) is 0. The van der Waals surface area contributed by atoms with Crippen molar-refractivity contribution in [3.63, 3.8) is 0 Å². The molecule has 2 heteroatoms. The fourth-order valence-corrected chi connectivity index (χ4v) is 2.69. The number of nitrogens with zero attached hydrogens (tertiary/aromatic N) is 1. The molecule has 96 valence electrons. The number of ketones is 1. The van der Waals surface area contributed by atoms with Gasteiger partial charge in [-0.2, -0.15) is 0 Å². The number of carbonyl (C=O) groups excluding carboxylic acids is 1. The summed E-state index contributed by atoms with van der Waals surface area (Å²) in [5.74, 6) is 0.283. The highest BCUT2D eigenvalue weighted by Crippen LogP contribution is 2.26. The summed E-state index contributed by atoms with van der Waals surface area (Å²) in [6.45, 7) is 2.13. The Kier molecular flexibility index (Phi) is 3.16. The van der Waals surface area contributed by atoms with Gasteiger partial charge in [0, 0.05) is 30.3 Å². The van der Waals surface area contributed by atoms with Gasteiger partial charge in [0.25, 0.3) is 0 Å². The lowest BCUT2D eigenvalue weighted by atomic mass is 9.99. The van der Waals surface area contributed by atoms with Crippen molar-refractivity contribution in [2.45, 2.75) is 32.6 Å². The molecule has 0 radical (unpaired) electrons. The second kappa shape index (κ2) is 4.96. The van der Waals surface area contributed by atoms with Gasteiger partial charge in [0.15, 0.2) is 5.78 Å². The fraction of sp³-hybridized carbons (Fsp3) is 0.294. The zero-order chi connectivity index (χ0) is 13.2. The van der Waals surface area contributed by atoms with Gasteiger partial charge in [-0.15, -0.1) is 0 Å². The van der Waals surface area contributed by atoms with Crippen LogP contribution in [0.2, 0.25) is 0 Å². The molecule has 0 N–H and O–H groups in total. The number of pyridine rings is 1. The SMILES string of the molecule is CCc1ccc(Cc2cccc3c2CCC3=O)nc1. The zero-order valence-electron chi connectivity index (χ0n) is 11.1. The molecular formula is C17H17NO. The Morgan fingerprint density at radius 1 is 1.16 bits per heavy atom. The van der Waals surface area contributed by atoms with Crippen molar-refractivity contribution in [3.05, 3.63) is 64.5 Å². The summed E-state index contributed by atoms with van der Waals surface area (Å²) in [6, 6.07) is 10.3. The molecule has 1 heterocycles. The van der Waals surface area contributed by atoms with E-state index in [2.05, 4.69) is 30.1 Å². The zero-order valence-corrected chi connectivity index (χ0v) is 11.1. The van der Waals surface area contributed by atoms with Gasteiger partial charge in [-0.1, -0.05) is 31.2 Å². The highest BCUT2D eigenvalue weighted by atomic mass is 16.1. The summed E-state index contributed by atoms with van der Waals surface area (Å²) in [4.78, 5) is 16.2. The van der Waals surface area contributed by atoms with E-state index in [9.17, 15) is 4.79 Å². The normalized spacial score (nSPS) is 13.6.